The van der Waals surface area contributed by atoms with E-state index >= 15 is 0 Å². The molecule has 0 spiro atoms. The highest BCUT2D eigenvalue weighted by atomic mass is 16.2. The van der Waals surface area contributed by atoms with Crippen LogP contribution in [0.3, 0.4) is 0 Å². The van der Waals surface area contributed by atoms with Crippen molar-refractivity contribution in [3.05, 3.63) is 24.3 Å². The van der Waals surface area contributed by atoms with E-state index in [4.69, 9.17) is 0 Å². The highest BCUT2D eigenvalue weighted by Gasteiger charge is 2.53. The standard InChI is InChI=1S/C34H49N7O6/c1-4-8-24(29(42)33(46)37-22-12-13-22)38-32(45)28-21-11-14-23(17-21)41(28)34(47)26(19(2)3)39-31(44)27(20-9-6-5-7-10-20)40-30(43)25-18-35-15-16-36-25/h15-16,18-24,26-28H,4-14,17H2,1-3H3,(H,37,46)(H,38,45)(H,39,44)(H,40,43)/t21?,23-,24+,26+,27+,28+/m1/s1. The summed E-state index contributed by atoms with van der Waals surface area (Å²) >= 11 is 0. The molecule has 256 valence electrons. The highest BCUT2D eigenvalue weighted by Crippen LogP contribution is 2.43. The fraction of sp³-hybridized carbons (Fsp3) is 0.706. The van der Waals surface area contributed by atoms with Crippen LogP contribution < -0.4 is 21.3 Å². The second kappa shape index (κ2) is 15.3. The summed E-state index contributed by atoms with van der Waals surface area (Å²) in [6, 6.07) is -3.72. The summed E-state index contributed by atoms with van der Waals surface area (Å²) < 4.78 is 0. The Morgan fingerprint density at radius 2 is 1.66 bits per heavy atom. The molecule has 2 heterocycles. The molecule has 1 unspecified atom stereocenters. The van der Waals surface area contributed by atoms with E-state index in [1.807, 2.05) is 20.8 Å². The van der Waals surface area contributed by atoms with Crippen LogP contribution in [-0.4, -0.2) is 86.4 Å². The quantitative estimate of drug-likeness (QED) is 0.220. The Balaban J connectivity index is 1.31. The van der Waals surface area contributed by atoms with Gasteiger partial charge in [0.2, 0.25) is 23.5 Å². The van der Waals surface area contributed by atoms with E-state index in [2.05, 4.69) is 31.2 Å². The Kier molecular flexibility index (Phi) is 11.2. The summed E-state index contributed by atoms with van der Waals surface area (Å²) in [7, 11) is 0. The van der Waals surface area contributed by atoms with Crippen LogP contribution in [0.25, 0.3) is 0 Å². The van der Waals surface area contributed by atoms with Crippen molar-refractivity contribution in [2.75, 3.05) is 0 Å². The molecule has 6 atom stereocenters. The van der Waals surface area contributed by atoms with Crippen molar-refractivity contribution in [3.8, 4) is 0 Å². The van der Waals surface area contributed by atoms with Gasteiger partial charge in [-0.3, -0.25) is 33.8 Å². The first-order chi connectivity index (χ1) is 22.6. The van der Waals surface area contributed by atoms with Gasteiger partial charge in [-0.15, -0.1) is 0 Å². The maximum absolute atomic E-state index is 14.3. The van der Waals surface area contributed by atoms with Gasteiger partial charge in [0.05, 0.1) is 12.2 Å². The normalized spacial score (nSPS) is 24.3. The smallest absolute Gasteiger partial charge is 0.289 e. The highest BCUT2D eigenvalue weighted by molar-refractivity contribution is 6.38. The summed E-state index contributed by atoms with van der Waals surface area (Å²) in [4.78, 5) is 90.5. The van der Waals surface area contributed by atoms with Gasteiger partial charge in [-0.1, -0.05) is 46.5 Å². The van der Waals surface area contributed by atoms with Crippen molar-refractivity contribution in [1.82, 2.24) is 36.1 Å². The number of hydrogen-bond donors (Lipinski definition) is 4. The molecule has 1 aliphatic heterocycles. The lowest BCUT2D eigenvalue weighted by Crippen LogP contribution is -2.62. The molecule has 4 N–H and O–H groups in total. The number of likely N-dealkylation sites (tertiary alicyclic amines) is 1. The van der Waals surface area contributed by atoms with Crippen molar-refractivity contribution in [3.63, 3.8) is 0 Å². The van der Waals surface area contributed by atoms with E-state index in [0.717, 1.165) is 57.8 Å². The Morgan fingerprint density at radius 1 is 0.915 bits per heavy atom. The lowest BCUT2D eigenvalue weighted by Gasteiger charge is -2.39. The number of piperidine rings is 1. The van der Waals surface area contributed by atoms with E-state index in [1.165, 1.54) is 18.6 Å². The molecule has 1 aromatic rings. The minimum absolute atomic E-state index is 0.0179. The molecule has 3 aliphatic carbocycles. The van der Waals surface area contributed by atoms with E-state index < -0.39 is 53.6 Å². The van der Waals surface area contributed by atoms with E-state index in [-0.39, 0.29) is 41.4 Å². The summed E-state index contributed by atoms with van der Waals surface area (Å²) in [6.07, 6.45) is 13.5. The molecule has 3 saturated carbocycles. The third-order valence-electron chi connectivity index (χ3n) is 10.2. The predicted molar refractivity (Wildman–Crippen MR) is 171 cm³/mol. The zero-order chi connectivity index (χ0) is 33.7. The Hall–Kier alpha value is -3.90. The Morgan fingerprint density at radius 3 is 2.30 bits per heavy atom. The number of carbonyl (C=O) groups is 6. The minimum atomic E-state index is -0.975. The van der Waals surface area contributed by atoms with E-state index in [1.54, 1.807) is 4.90 Å². The first-order valence-electron chi connectivity index (χ1n) is 17.4. The van der Waals surface area contributed by atoms with Crippen LogP contribution in [0.5, 0.6) is 0 Å². The third-order valence-corrected chi connectivity index (χ3v) is 10.2. The van der Waals surface area contributed by atoms with Crippen LogP contribution in [0.15, 0.2) is 18.6 Å². The third kappa shape index (κ3) is 8.16. The molecule has 1 saturated heterocycles. The number of hydrogen-bond acceptors (Lipinski definition) is 8. The molecule has 47 heavy (non-hydrogen) atoms. The number of fused-ring (bicyclic) bond motifs is 2. The number of carbonyl (C=O) groups excluding carboxylic acids is 6. The number of ketones is 1. The zero-order valence-corrected chi connectivity index (χ0v) is 27.7. The molecule has 13 heteroatoms. The summed E-state index contributed by atoms with van der Waals surface area (Å²) in [5.74, 6) is -3.59. The van der Waals surface area contributed by atoms with Crippen LogP contribution in [0.2, 0.25) is 0 Å². The number of aromatic nitrogens is 2. The van der Waals surface area contributed by atoms with Gasteiger partial charge < -0.3 is 26.2 Å². The topological polar surface area (TPSA) is 180 Å². The lowest BCUT2D eigenvalue weighted by molar-refractivity contribution is -0.147. The first-order valence-corrected chi connectivity index (χ1v) is 17.4. The number of Topliss-reactive ketones (excluding diaryl/α,β-unsaturated/α-hetero) is 1. The van der Waals surface area contributed by atoms with Crippen molar-refractivity contribution in [1.29, 1.82) is 0 Å². The molecule has 1 aromatic heterocycles. The number of nitrogens with zero attached hydrogens (tertiary/aromatic N) is 3. The van der Waals surface area contributed by atoms with E-state index in [9.17, 15) is 28.8 Å². The molecule has 13 nitrogen and oxygen atoms in total. The molecule has 5 amide bonds. The van der Waals surface area contributed by atoms with Gasteiger partial charge in [-0.25, -0.2) is 4.98 Å². The van der Waals surface area contributed by atoms with Crippen LogP contribution in [-0.2, 0) is 24.0 Å². The van der Waals surface area contributed by atoms with Crippen LogP contribution >= 0.6 is 0 Å². The van der Waals surface area contributed by atoms with E-state index in [0.29, 0.717) is 19.3 Å². The van der Waals surface area contributed by atoms with Crippen molar-refractivity contribution >= 4 is 35.3 Å². The Bertz CT molecular complexity index is 1330. The van der Waals surface area contributed by atoms with Crippen LogP contribution in [0, 0.1) is 17.8 Å². The van der Waals surface area contributed by atoms with Gasteiger partial charge in [0.25, 0.3) is 11.8 Å². The molecule has 4 fully saturated rings. The lowest BCUT2D eigenvalue weighted by atomic mass is 9.83. The Labute approximate surface area is 276 Å². The molecule has 0 radical (unpaired) electrons. The van der Waals surface area contributed by atoms with Gasteiger partial charge in [0.15, 0.2) is 0 Å². The average molecular weight is 652 g/mol. The second-order valence-electron chi connectivity index (χ2n) is 14.0. The maximum Gasteiger partial charge on any atom is 0.289 e. The number of amides is 5. The monoisotopic (exact) mass is 651 g/mol. The van der Waals surface area contributed by atoms with Crippen LogP contribution in [0.4, 0.5) is 0 Å². The van der Waals surface area contributed by atoms with Gasteiger partial charge in [-0.05, 0) is 69.1 Å². The van der Waals surface area contributed by atoms with Gasteiger partial charge in [0, 0.05) is 24.5 Å². The van der Waals surface area contributed by atoms with Crippen LogP contribution in [0.1, 0.15) is 108 Å². The van der Waals surface area contributed by atoms with Gasteiger partial charge in [0.1, 0.15) is 23.8 Å². The largest absolute Gasteiger partial charge is 0.347 e. The first kappa shape index (κ1) is 34.4. The van der Waals surface area contributed by atoms with Crippen molar-refractivity contribution < 1.29 is 28.8 Å². The van der Waals surface area contributed by atoms with Gasteiger partial charge in [-0.2, -0.15) is 0 Å². The maximum atomic E-state index is 14.3. The molecule has 2 bridgehead atoms. The summed E-state index contributed by atoms with van der Waals surface area (Å²) in [5, 5.41) is 11.4. The minimum Gasteiger partial charge on any atom is -0.347 e. The fourth-order valence-corrected chi connectivity index (χ4v) is 7.51. The molecular formula is C34H49N7O6. The second-order valence-corrected chi connectivity index (χ2v) is 14.0. The molecule has 4 aliphatic rings. The summed E-state index contributed by atoms with van der Waals surface area (Å²) in [6.45, 7) is 5.56. The molecular weight excluding hydrogens is 602 g/mol. The predicted octanol–water partition coefficient (Wildman–Crippen LogP) is 1.81. The fourth-order valence-electron chi connectivity index (χ4n) is 7.51. The van der Waals surface area contributed by atoms with Crippen molar-refractivity contribution in [2.24, 2.45) is 17.8 Å². The summed E-state index contributed by atoms with van der Waals surface area (Å²) in [5.41, 5.74) is 0.101. The average Bonchev–Trinajstić information content (AvgIpc) is 3.64. The molecule has 0 aromatic carbocycles. The number of rotatable bonds is 14. The zero-order valence-electron chi connectivity index (χ0n) is 27.7. The van der Waals surface area contributed by atoms with Gasteiger partial charge >= 0.3 is 0 Å². The van der Waals surface area contributed by atoms with Crippen molar-refractivity contribution in [2.45, 2.75) is 134 Å². The number of nitrogens with one attached hydrogen (secondary N) is 4. The molecule has 5 rings (SSSR count). The SMILES string of the molecule is CCC[C@H](NC(=O)[C@@H]1C2CC[C@H](C2)N1C(=O)[C@@H](NC(=O)[C@@H](NC(=O)c1cnccn1)C1CCCCC1)C(C)C)C(=O)C(=O)NC1CC1.